The molecule has 1 aliphatic rings. The first-order valence-corrected chi connectivity index (χ1v) is 6.60. The lowest BCUT2D eigenvalue weighted by Crippen LogP contribution is -2.34. The van der Waals surface area contributed by atoms with Crippen LogP contribution in [0.2, 0.25) is 0 Å². The minimum Gasteiger partial charge on any atom is -0.492 e. The Morgan fingerprint density at radius 3 is 2.95 bits per heavy atom. The maximum absolute atomic E-state index is 13.2. The third-order valence-electron chi connectivity index (χ3n) is 3.41. The monoisotopic (exact) mass is 266 g/mol. The number of hydrogen-bond donors (Lipinski definition) is 2. The van der Waals surface area contributed by atoms with Crippen molar-refractivity contribution in [1.82, 2.24) is 0 Å². The molecule has 1 aromatic rings. The van der Waals surface area contributed by atoms with E-state index in [1.807, 2.05) is 6.92 Å². The van der Waals surface area contributed by atoms with E-state index in [0.29, 0.717) is 18.0 Å². The van der Waals surface area contributed by atoms with Crippen molar-refractivity contribution in [3.63, 3.8) is 0 Å². The van der Waals surface area contributed by atoms with Crippen molar-refractivity contribution in [3.05, 3.63) is 24.0 Å². The smallest absolute Gasteiger partial charge is 0.229 e. The van der Waals surface area contributed by atoms with Crippen molar-refractivity contribution >= 4 is 11.6 Å². The molecule has 1 fully saturated rings. The molecule has 2 atom stereocenters. The Morgan fingerprint density at radius 2 is 2.32 bits per heavy atom. The molecule has 1 aromatic carbocycles. The highest BCUT2D eigenvalue weighted by atomic mass is 19.1. The first kappa shape index (κ1) is 13.8. The number of amides is 1. The summed E-state index contributed by atoms with van der Waals surface area (Å²) in [7, 11) is 0. The van der Waals surface area contributed by atoms with Gasteiger partial charge in [-0.1, -0.05) is 6.42 Å². The Hall–Kier alpha value is -1.62. The Morgan fingerprint density at radius 1 is 1.53 bits per heavy atom. The van der Waals surface area contributed by atoms with E-state index in [0.717, 1.165) is 19.3 Å². The number of carbonyl (C=O) groups excluding carboxylic acids is 1. The van der Waals surface area contributed by atoms with Gasteiger partial charge in [-0.2, -0.15) is 0 Å². The van der Waals surface area contributed by atoms with Gasteiger partial charge in [-0.15, -0.1) is 0 Å². The molecule has 1 aliphatic carbocycles. The molecular formula is C14H19FN2O2. The van der Waals surface area contributed by atoms with Crippen molar-refractivity contribution in [1.29, 1.82) is 0 Å². The first-order chi connectivity index (χ1) is 9.11. The predicted octanol–water partition coefficient (Wildman–Crippen LogP) is 2.29. The standard InChI is InChI=1S/C14H19FN2O2/c1-2-19-13-8-9(15)6-7-12(13)17-14(18)10-4-3-5-11(10)16/h6-8,10-11H,2-5,16H2,1H3,(H,17,18). The number of nitrogens with one attached hydrogen (secondary N) is 1. The maximum Gasteiger partial charge on any atom is 0.229 e. The van der Waals surface area contributed by atoms with Crippen LogP contribution in [0, 0.1) is 11.7 Å². The number of halogens is 1. The zero-order valence-corrected chi connectivity index (χ0v) is 11.0. The molecular weight excluding hydrogens is 247 g/mol. The second-order valence-electron chi connectivity index (χ2n) is 4.76. The molecule has 0 radical (unpaired) electrons. The second kappa shape index (κ2) is 6.02. The van der Waals surface area contributed by atoms with Gasteiger partial charge in [0.05, 0.1) is 18.2 Å². The molecule has 0 aliphatic heterocycles. The molecule has 2 rings (SSSR count). The largest absolute Gasteiger partial charge is 0.492 e. The molecule has 4 nitrogen and oxygen atoms in total. The molecule has 0 spiro atoms. The average Bonchev–Trinajstić information content (AvgIpc) is 2.79. The van der Waals surface area contributed by atoms with Gasteiger partial charge in [0.1, 0.15) is 11.6 Å². The number of ether oxygens (including phenoxy) is 1. The molecule has 2 unspecified atom stereocenters. The quantitative estimate of drug-likeness (QED) is 0.878. The summed E-state index contributed by atoms with van der Waals surface area (Å²) in [6, 6.07) is 4.00. The third kappa shape index (κ3) is 3.23. The third-order valence-corrected chi connectivity index (χ3v) is 3.41. The summed E-state index contributed by atoms with van der Waals surface area (Å²) in [6.45, 7) is 2.22. The number of anilines is 1. The predicted molar refractivity (Wildman–Crippen MR) is 71.5 cm³/mol. The molecule has 1 saturated carbocycles. The van der Waals surface area contributed by atoms with Crippen molar-refractivity contribution in [2.24, 2.45) is 11.7 Å². The zero-order chi connectivity index (χ0) is 13.8. The molecule has 0 aromatic heterocycles. The minimum atomic E-state index is -0.390. The number of hydrogen-bond acceptors (Lipinski definition) is 3. The molecule has 104 valence electrons. The highest BCUT2D eigenvalue weighted by Crippen LogP contribution is 2.29. The number of carbonyl (C=O) groups is 1. The van der Waals surface area contributed by atoms with Crippen LogP contribution in [0.15, 0.2) is 18.2 Å². The van der Waals surface area contributed by atoms with Crippen molar-refractivity contribution in [2.75, 3.05) is 11.9 Å². The molecule has 19 heavy (non-hydrogen) atoms. The van der Waals surface area contributed by atoms with Crippen LogP contribution < -0.4 is 15.8 Å². The first-order valence-electron chi connectivity index (χ1n) is 6.60. The van der Waals surface area contributed by atoms with Crippen LogP contribution >= 0.6 is 0 Å². The molecule has 0 bridgehead atoms. The van der Waals surface area contributed by atoms with Gasteiger partial charge in [-0.05, 0) is 31.9 Å². The van der Waals surface area contributed by atoms with E-state index in [1.54, 1.807) is 0 Å². The van der Waals surface area contributed by atoms with Gasteiger partial charge in [-0.3, -0.25) is 4.79 Å². The van der Waals surface area contributed by atoms with Crippen LogP contribution in [0.1, 0.15) is 26.2 Å². The molecule has 0 heterocycles. The Labute approximate surface area is 112 Å². The summed E-state index contributed by atoms with van der Waals surface area (Å²) in [5.41, 5.74) is 6.40. The molecule has 3 N–H and O–H groups in total. The van der Waals surface area contributed by atoms with E-state index in [9.17, 15) is 9.18 Å². The highest BCUT2D eigenvalue weighted by Gasteiger charge is 2.30. The van der Waals surface area contributed by atoms with Crippen LogP contribution in [-0.2, 0) is 4.79 Å². The van der Waals surface area contributed by atoms with Crippen LogP contribution in [0.3, 0.4) is 0 Å². The lowest BCUT2D eigenvalue weighted by atomic mass is 10.0. The topological polar surface area (TPSA) is 64.3 Å². The normalized spacial score (nSPS) is 22.3. The van der Waals surface area contributed by atoms with Crippen molar-refractivity contribution < 1.29 is 13.9 Å². The summed E-state index contributed by atoms with van der Waals surface area (Å²) >= 11 is 0. The summed E-state index contributed by atoms with van der Waals surface area (Å²) in [4.78, 5) is 12.1. The molecule has 5 heteroatoms. The Kier molecular flexibility index (Phi) is 4.37. The van der Waals surface area contributed by atoms with Gasteiger partial charge in [-0.25, -0.2) is 4.39 Å². The van der Waals surface area contributed by atoms with E-state index < -0.39 is 0 Å². The van der Waals surface area contributed by atoms with Crippen LogP contribution in [0.4, 0.5) is 10.1 Å². The summed E-state index contributed by atoms with van der Waals surface area (Å²) in [6.07, 6.45) is 2.65. The van der Waals surface area contributed by atoms with Gasteiger partial charge < -0.3 is 15.8 Å². The van der Waals surface area contributed by atoms with Crippen LogP contribution in [0.5, 0.6) is 5.75 Å². The van der Waals surface area contributed by atoms with E-state index in [1.165, 1.54) is 18.2 Å². The molecule has 1 amide bonds. The second-order valence-corrected chi connectivity index (χ2v) is 4.76. The number of benzene rings is 1. The van der Waals surface area contributed by atoms with Crippen molar-refractivity contribution in [2.45, 2.75) is 32.2 Å². The van der Waals surface area contributed by atoms with E-state index in [4.69, 9.17) is 10.5 Å². The molecule has 0 saturated heterocycles. The van der Waals surface area contributed by atoms with Gasteiger partial charge in [0.2, 0.25) is 5.91 Å². The fraction of sp³-hybridized carbons (Fsp3) is 0.500. The lowest BCUT2D eigenvalue weighted by Gasteiger charge is -2.17. The van der Waals surface area contributed by atoms with Gasteiger partial charge in [0.25, 0.3) is 0 Å². The van der Waals surface area contributed by atoms with Crippen LogP contribution in [0.25, 0.3) is 0 Å². The fourth-order valence-corrected chi connectivity index (χ4v) is 2.41. The minimum absolute atomic E-state index is 0.0870. The van der Waals surface area contributed by atoms with E-state index in [-0.39, 0.29) is 23.7 Å². The Bertz CT molecular complexity index is 465. The van der Waals surface area contributed by atoms with Crippen molar-refractivity contribution in [3.8, 4) is 5.75 Å². The number of rotatable bonds is 4. The van der Waals surface area contributed by atoms with Gasteiger partial charge >= 0.3 is 0 Å². The summed E-state index contributed by atoms with van der Waals surface area (Å²) in [5.74, 6) is -0.321. The average molecular weight is 266 g/mol. The van der Waals surface area contributed by atoms with E-state index >= 15 is 0 Å². The van der Waals surface area contributed by atoms with Crippen LogP contribution in [-0.4, -0.2) is 18.6 Å². The van der Waals surface area contributed by atoms with Gasteiger partial charge in [0, 0.05) is 12.1 Å². The fourth-order valence-electron chi connectivity index (χ4n) is 2.41. The maximum atomic E-state index is 13.2. The SMILES string of the molecule is CCOc1cc(F)ccc1NC(=O)C1CCCC1N. The van der Waals surface area contributed by atoms with Gasteiger partial charge in [0.15, 0.2) is 0 Å². The highest BCUT2D eigenvalue weighted by molar-refractivity contribution is 5.94. The van der Waals surface area contributed by atoms with E-state index in [2.05, 4.69) is 5.32 Å². The summed E-state index contributed by atoms with van der Waals surface area (Å²) in [5, 5.41) is 2.78. The Balaban J connectivity index is 2.11. The summed E-state index contributed by atoms with van der Waals surface area (Å²) < 4.78 is 18.5. The number of nitrogens with two attached hydrogens (primary N) is 1. The lowest BCUT2D eigenvalue weighted by molar-refractivity contribution is -0.120. The zero-order valence-electron chi connectivity index (χ0n) is 11.0.